The molecule has 0 bridgehead atoms. The van der Waals surface area contributed by atoms with E-state index in [1.54, 1.807) is 12.1 Å². The maximum absolute atomic E-state index is 12.0. The van der Waals surface area contributed by atoms with Crippen molar-refractivity contribution in [1.82, 2.24) is 5.32 Å². The minimum Gasteiger partial charge on any atom is -0.508 e. The van der Waals surface area contributed by atoms with Gasteiger partial charge in [-0.1, -0.05) is 26.0 Å². The van der Waals surface area contributed by atoms with E-state index < -0.39 is 36.1 Å². The maximum Gasteiger partial charge on any atom is 0.490 e. The molecule has 0 heterocycles. The van der Waals surface area contributed by atoms with Gasteiger partial charge in [0.2, 0.25) is 5.91 Å². The highest BCUT2D eigenvalue weighted by molar-refractivity contribution is 5.87. The molecule has 1 amide bonds. The second-order valence-electron chi connectivity index (χ2n) is 6.31. The highest BCUT2D eigenvalue weighted by Gasteiger charge is 2.38. The Hall–Kier alpha value is -2.82. The topological polar surface area (TPSA) is 150 Å². The van der Waals surface area contributed by atoms with Crippen LogP contribution in [-0.4, -0.2) is 51.4 Å². The van der Waals surface area contributed by atoms with Crippen LogP contribution in [0.25, 0.3) is 0 Å². The number of benzene rings is 1. The zero-order valence-corrected chi connectivity index (χ0v) is 15.2. The van der Waals surface area contributed by atoms with E-state index in [0.29, 0.717) is 6.42 Å². The predicted octanol–water partition coefficient (Wildman–Crippen LogP) is 1.51. The minimum absolute atomic E-state index is 0.139. The lowest BCUT2D eigenvalue weighted by molar-refractivity contribution is -0.192. The van der Waals surface area contributed by atoms with Crippen molar-refractivity contribution in [2.75, 3.05) is 0 Å². The van der Waals surface area contributed by atoms with Gasteiger partial charge in [0, 0.05) is 0 Å². The third kappa shape index (κ3) is 10.4. The van der Waals surface area contributed by atoms with Gasteiger partial charge in [0.05, 0.1) is 6.04 Å². The van der Waals surface area contributed by atoms with Crippen molar-refractivity contribution < 1.29 is 42.9 Å². The largest absolute Gasteiger partial charge is 0.508 e. The molecule has 1 aromatic carbocycles. The first-order valence-corrected chi connectivity index (χ1v) is 8.10. The van der Waals surface area contributed by atoms with Crippen LogP contribution >= 0.6 is 0 Å². The third-order valence-corrected chi connectivity index (χ3v) is 3.29. The van der Waals surface area contributed by atoms with E-state index >= 15 is 0 Å². The maximum atomic E-state index is 12.0. The number of alkyl halides is 3. The molecule has 0 saturated carbocycles. The van der Waals surface area contributed by atoms with Crippen LogP contribution in [0.3, 0.4) is 0 Å². The first-order chi connectivity index (χ1) is 12.7. The highest BCUT2D eigenvalue weighted by Crippen LogP contribution is 2.13. The number of nitrogens with two attached hydrogens (primary N) is 1. The van der Waals surface area contributed by atoms with Gasteiger partial charge in [-0.2, -0.15) is 13.2 Å². The Bertz CT molecular complexity index is 662. The third-order valence-electron chi connectivity index (χ3n) is 3.29. The fraction of sp³-hybridized carbons (Fsp3) is 0.471. The van der Waals surface area contributed by atoms with Gasteiger partial charge >= 0.3 is 18.1 Å². The number of aliphatic carboxylic acids is 2. The Labute approximate surface area is 159 Å². The molecular formula is C17H23F3N2O6. The summed E-state index contributed by atoms with van der Waals surface area (Å²) in [5.41, 5.74) is 6.60. The first kappa shape index (κ1) is 25.2. The number of amides is 1. The van der Waals surface area contributed by atoms with Crippen LogP contribution in [0.4, 0.5) is 13.2 Å². The molecule has 0 aliphatic carbocycles. The van der Waals surface area contributed by atoms with Crippen LogP contribution < -0.4 is 11.1 Å². The van der Waals surface area contributed by atoms with Crippen molar-refractivity contribution >= 4 is 17.8 Å². The van der Waals surface area contributed by atoms with Crippen LogP contribution in [0, 0.1) is 5.92 Å². The molecule has 1 rings (SSSR count). The van der Waals surface area contributed by atoms with Gasteiger partial charge in [-0.15, -0.1) is 0 Å². The van der Waals surface area contributed by atoms with E-state index in [0.717, 1.165) is 5.56 Å². The van der Waals surface area contributed by atoms with Gasteiger partial charge < -0.3 is 26.4 Å². The molecule has 158 valence electrons. The standard InChI is InChI=1S/C15H22N2O4.C2HF3O2/c1-9(2)7-13(15(20)21)17-14(19)12(16)8-10-3-5-11(18)6-4-10;3-2(4,5)1(6)7/h3-6,9,12-13,18H,7-8,16H2,1-2H3,(H,17,19)(H,20,21);(H,6,7)/t12?,13-;/m0./s1. The van der Waals surface area contributed by atoms with Crippen LogP contribution in [0.15, 0.2) is 24.3 Å². The number of carbonyl (C=O) groups is 3. The van der Waals surface area contributed by atoms with Crippen molar-refractivity contribution in [3.8, 4) is 5.75 Å². The number of hydrogen-bond donors (Lipinski definition) is 5. The van der Waals surface area contributed by atoms with E-state index in [-0.39, 0.29) is 18.1 Å². The smallest absolute Gasteiger partial charge is 0.490 e. The average molecular weight is 408 g/mol. The Balaban J connectivity index is 0.000000887. The molecule has 0 aliphatic heterocycles. The van der Waals surface area contributed by atoms with E-state index in [9.17, 15) is 27.9 Å². The van der Waals surface area contributed by atoms with Crippen molar-refractivity contribution in [3.05, 3.63) is 29.8 Å². The van der Waals surface area contributed by atoms with Crippen molar-refractivity contribution in [3.63, 3.8) is 0 Å². The van der Waals surface area contributed by atoms with E-state index in [1.165, 1.54) is 12.1 Å². The fourth-order valence-corrected chi connectivity index (χ4v) is 1.95. The zero-order chi connectivity index (χ0) is 22.1. The summed E-state index contributed by atoms with van der Waals surface area (Å²) in [4.78, 5) is 32.0. The van der Waals surface area contributed by atoms with Gasteiger partial charge in [0.25, 0.3) is 0 Å². The fourth-order valence-electron chi connectivity index (χ4n) is 1.95. The second kappa shape index (κ2) is 11.1. The van der Waals surface area contributed by atoms with E-state index in [4.69, 9.17) is 20.7 Å². The number of rotatable bonds is 7. The Morgan fingerprint density at radius 2 is 1.57 bits per heavy atom. The second-order valence-corrected chi connectivity index (χ2v) is 6.31. The monoisotopic (exact) mass is 408 g/mol. The summed E-state index contributed by atoms with van der Waals surface area (Å²) in [5, 5.41) is 27.9. The molecule has 0 aromatic heterocycles. The number of carboxylic acid groups (broad SMARTS) is 2. The molecule has 8 nitrogen and oxygen atoms in total. The molecule has 0 radical (unpaired) electrons. The van der Waals surface area contributed by atoms with Crippen LogP contribution in [-0.2, 0) is 20.8 Å². The van der Waals surface area contributed by atoms with E-state index in [1.807, 2.05) is 13.8 Å². The first-order valence-electron chi connectivity index (χ1n) is 8.10. The van der Waals surface area contributed by atoms with E-state index in [2.05, 4.69) is 5.32 Å². The normalized spacial score (nSPS) is 13.1. The quantitative estimate of drug-likeness (QED) is 0.459. The summed E-state index contributed by atoms with van der Waals surface area (Å²) in [6.07, 6.45) is -4.45. The molecule has 0 aliphatic rings. The summed E-state index contributed by atoms with van der Waals surface area (Å²) in [7, 11) is 0. The van der Waals surface area contributed by atoms with Gasteiger partial charge in [-0.3, -0.25) is 4.79 Å². The molecule has 0 saturated heterocycles. The molecular weight excluding hydrogens is 385 g/mol. The molecule has 1 unspecified atom stereocenters. The van der Waals surface area contributed by atoms with Crippen molar-refractivity contribution in [1.29, 1.82) is 0 Å². The molecule has 0 fully saturated rings. The number of carbonyl (C=O) groups excluding carboxylic acids is 1. The lowest BCUT2D eigenvalue weighted by Gasteiger charge is -2.19. The minimum atomic E-state index is -5.08. The van der Waals surface area contributed by atoms with Crippen LogP contribution in [0.1, 0.15) is 25.8 Å². The summed E-state index contributed by atoms with van der Waals surface area (Å²) >= 11 is 0. The van der Waals surface area contributed by atoms with Gasteiger partial charge in [0.1, 0.15) is 11.8 Å². The summed E-state index contributed by atoms with van der Waals surface area (Å²) in [6.45, 7) is 3.77. The number of hydrogen-bond acceptors (Lipinski definition) is 5. The summed E-state index contributed by atoms with van der Waals surface area (Å²) in [5.74, 6) is -4.02. The molecule has 2 atom stereocenters. The summed E-state index contributed by atoms with van der Waals surface area (Å²) < 4.78 is 31.7. The van der Waals surface area contributed by atoms with Crippen LogP contribution in [0.5, 0.6) is 5.75 Å². The number of phenols is 1. The number of aromatic hydroxyl groups is 1. The Kier molecular flexibility index (Phi) is 10.0. The lowest BCUT2D eigenvalue weighted by Crippen LogP contribution is -2.49. The Morgan fingerprint density at radius 1 is 1.11 bits per heavy atom. The van der Waals surface area contributed by atoms with Gasteiger partial charge in [-0.05, 0) is 36.5 Å². The zero-order valence-electron chi connectivity index (χ0n) is 15.2. The Morgan fingerprint density at radius 3 is 1.93 bits per heavy atom. The number of nitrogens with one attached hydrogen (secondary N) is 1. The SMILES string of the molecule is CC(C)C[C@H](NC(=O)C(N)Cc1ccc(O)cc1)C(=O)O.O=C(O)C(F)(F)F. The van der Waals surface area contributed by atoms with Crippen LogP contribution in [0.2, 0.25) is 0 Å². The highest BCUT2D eigenvalue weighted by atomic mass is 19.4. The lowest BCUT2D eigenvalue weighted by atomic mass is 10.0. The molecule has 0 spiro atoms. The van der Waals surface area contributed by atoms with Crippen molar-refractivity contribution in [2.24, 2.45) is 11.7 Å². The molecule has 6 N–H and O–H groups in total. The number of halogens is 3. The molecule has 1 aromatic rings. The number of carboxylic acids is 2. The van der Waals surface area contributed by atoms with Gasteiger partial charge in [-0.25, -0.2) is 9.59 Å². The van der Waals surface area contributed by atoms with Gasteiger partial charge in [0.15, 0.2) is 0 Å². The number of phenolic OH excluding ortho intramolecular Hbond substituents is 1. The predicted molar refractivity (Wildman–Crippen MR) is 92.5 cm³/mol. The average Bonchev–Trinajstić information content (AvgIpc) is 2.55. The van der Waals surface area contributed by atoms with Crippen molar-refractivity contribution in [2.45, 2.75) is 44.9 Å². The molecule has 11 heteroatoms. The summed E-state index contributed by atoms with van der Waals surface area (Å²) in [6, 6.07) is 4.61. The molecule has 28 heavy (non-hydrogen) atoms.